The molecule has 0 atom stereocenters. The number of rotatable bonds is 5. The van der Waals surface area contributed by atoms with Crippen molar-refractivity contribution in [3.05, 3.63) is 19.9 Å². The number of ketones is 1. The lowest BCUT2D eigenvalue weighted by molar-refractivity contribution is 0.0762. The van der Waals surface area contributed by atoms with Crippen LogP contribution < -0.4 is 0 Å². The maximum Gasteiger partial charge on any atom is 0.189 e. The second-order valence-electron chi connectivity index (χ2n) is 2.62. The van der Waals surface area contributed by atoms with E-state index >= 15 is 0 Å². The molecule has 0 aliphatic carbocycles. The van der Waals surface area contributed by atoms with E-state index in [0.29, 0.717) is 6.61 Å². The van der Waals surface area contributed by atoms with E-state index < -0.39 is 0 Å². The molecule has 0 spiro atoms. The minimum atomic E-state index is 0.0765. The number of halogens is 1. The summed E-state index contributed by atoms with van der Waals surface area (Å²) in [6, 6.07) is 1.89. The molecule has 0 aliphatic heterocycles. The number of ether oxygens (including phenoxy) is 1. The van der Waals surface area contributed by atoms with Crippen molar-refractivity contribution in [3.63, 3.8) is 0 Å². The summed E-state index contributed by atoms with van der Waals surface area (Å²) in [7, 11) is 0. The van der Waals surface area contributed by atoms with Crippen molar-refractivity contribution in [2.24, 2.45) is 0 Å². The fraction of sp³-hybridized carbons (Fsp3) is 0.444. The van der Waals surface area contributed by atoms with Crippen LogP contribution in [0.1, 0.15) is 23.7 Å². The highest BCUT2D eigenvalue weighted by Crippen LogP contribution is 2.16. The molecule has 1 aromatic rings. The number of carbonyl (C=O) groups is 1. The predicted octanol–water partition coefficient (Wildman–Crippen LogP) is 2.96. The molecule has 13 heavy (non-hydrogen) atoms. The van der Waals surface area contributed by atoms with Crippen LogP contribution in [0.2, 0.25) is 0 Å². The molecule has 0 aromatic carbocycles. The third kappa shape index (κ3) is 3.74. The summed E-state index contributed by atoms with van der Waals surface area (Å²) >= 11 is 3.79. The zero-order valence-corrected chi connectivity index (χ0v) is 10.4. The van der Waals surface area contributed by atoms with Gasteiger partial charge < -0.3 is 4.74 Å². The van der Waals surface area contributed by atoms with E-state index in [1.54, 1.807) is 11.3 Å². The van der Waals surface area contributed by atoms with E-state index in [4.69, 9.17) is 4.74 Å². The standard InChI is InChI=1S/C9H11IO2S/c1-2-3-12-5-8(11)7-4-9(10)13-6-7/h4,6H,2-3,5H2,1H3. The summed E-state index contributed by atoms with van der Waals surface area (Å²) in [4.78, 5) is 11.4. The lowest BCUT2D eigenvalue weighted by Gasteiger charge is -1.98. The van der Waals surface area contributed by atoms with Crippen LogP contribution in [0.4, 0.5) is 0 Å². The molecule has 1 aromatic heterocycles. The number of carbonyl (C=O) groups excluding carboxylic acids is 1. The minimum absolute atomic E-state index is 0.0765. The van der Waals surface area contributed by atoms with E-state index in [-0.39, 0.29) is 12.4 Å². The Hall–Kier alpha value is 0.0600. The average Bonchev–Trinajstić information content (AvgIpc) is 2.52. The Labute approximate surface area is 95.4 Å². The first kappa shape index (κ1) is 11.1. The van der Waals surface area contributed by atoms with Crippen LogP contribution in [0.3, 0.4) is 0 Å². The Morgan fingerprint density at radius 2 is 2.46 bits per heavy atom. The molecule has 0 saturated carbocycles. The molecule has 4 heteroatoms. The van der Waals surface area contributed by atoms with Crippen molar-refractivity contribution in [1.82, 2.24) is 0 Å². The molecule has 72 valence electrons. The molecule has 1 heterocycles. The molecule has 0 saturated heterocycles. The van der Waals surface area contributed by atoms with Gasteiger partial charge in [0.1, 0.15) is 6.61 Å². The lowest BCUT2D eigenvalue weighted by Crippen LogP contribution is -2.08. The highest BCUT2D eigenvalue weighted by molar-refractivity contribution is 14.1. The van der Waals surface area contributed by atoms with Gasteiger partial charge in [-0.25, -0.2) is 0 Å². The largest absolute Gasteiger partial charge is 0.373 e. The van der Waals surface area contributed by atoms with Gasteiger partial charge in [-0.05, 0) is 35.1 Å². The number of hydrogen-bond donors (Lipinski definition) is 0. The maximum absolute atomic E-state index is 11.4. The molecule has 0 amide bonds. The predicted molar refractivity (Wildman–Crippen MR) is 62.5 cm³/mol. The molecular weight excluding hydrogens is 299 g/mol. The summed E-state index contributed by atoms with van der Waals surface area (Å²) in [5.74, 6) is 0.0765. The Morgan fingerprint density at radius 1 is 1.69 bits per heavy atom. The molecular formula is C9H11IO2S. The zero-order valence-electron chi connectivity index (χ0n) is 7.38. The van der Waals surface area contributed by atoms with E-state index in [2.05, 4.69) is 22.6 Å². The fourth-order valence-electron chi connectivity index (χ4n) is 0.849. The van der Waals surface area contributed by atoms with Gasteiger partial charge in [0.2, 0.25) is 0 Å². The van der Waals surface area contributed by atoms with Crippen LogP contribution in [0.15, 0.2) is 11.4 Å². The highest BCUT2D eigenvalue weighted by Gasteiger charge is 2.07. The quantitative estimate of drug-likeness (QED) is 0.475. The normalized spacial score (nSPS) is 10.3. The smallest absolute Gasteiger partial charge is 0.189 e. The molecule has 0 bridgehead atoms. The summed E-state index contributed by atoms with van der Waals surface area (Å²) < 4.78 is 6.30. The first-order valence-corrected chi connectivity index (χ1v) is 6.05. The first-order valence-electron chi connectivity index (χ1n) is 4.09. The van der Waals surface area contributed by atoms with E-state index in [1.165, 1.54) is 0 Å². The van der Waals surface area contributed by atoms with Gasteiger partial charge in [0.15, 0.2) is 5.78 Å². The highest BCUT2D eigenvalue weighted by atomic mass is 127. The topological polar surface area (TPSA) is 26.3 Å². The molecule has 0 N–H and O–H groups in total. The summed E-state index contributed by atoms with van der Waals surface area (Å²) in [5, 5.41) is 1.87. The molecule has 2 nitrogen and oxygen atoms in total. The van der Waals surface area contributed by atoms with Gasteiger partial charge >= 0.3 is 0 Å². The Balaban J connectivity index is 2.40. The van der Waals surface area contributed by atoms with Gasteiger partial charge in [0.05, 0.1) is 2.88 Å². The fourth-order valence-corrected chi connectivity index (χ4v) is 2.20. The van der Waals surface area contributed by atoms with Gasteiger partial charge in [-0.3, -0.25) is 4.79 Å². The molecule has 0 fully saturated rings. The van der Waals surface area contributed by atoms with Crippen LogP contribution in [0.25, 0.3) is 0 Å². The van der Waals surface area contributed by atoms with Gasteiger partial charge in [0.25, 0.3) is 0 Å². The number of hydrogen-bond acceptors (Lipinski definition) is 3. The van der Waals surface area contributed by atoms with Gasteiger partial charge in [0, 0.05) is 17.6 Å². The van der Waals surface area contributed by atoms with Gasteiger partial charge in [-0.1, -0.05) is 6.92 Å². The summed E-state index contributed by atoms with van der Waals surface area (Å²) in [5.41, 5.74) is 0.769. The van der Waals surface area contributed by atoms with Crippen molar-refractivity contribution >= 4 is 39.7 Å². The second kappa shape index (κ2) is 5.72. The number of Topliss-reactive ketones (excluding diaryl/α,β-unsaturated/α-hetero) is 1. The SMILES string of the molecule is CCCOCC(=O)c1csc(I)c1. The summed E-state index contributed by atoms with van der Waals surface area (Å²) in [6.45, 7) is 2.89. The zero-order chi connectivity index (χ0) is 9.68. The summed E-state index contributed by atoms with van der Waals surface area (Å²) in [6.07, 6.45) is 0.953. The third-order valence-electron chi connectivity index (χ3n) is 1.47. The Kier molecular flexibility index (Phi) is 4.90. The average molecular weight is 310 g/mol. The van der Waals surface area contributed by atoms with Crippen LogP contribution >= 0.6 is 33.9 Å². The first-order chi connectivity index (χ1) is 6.24. The van der Waals surface area contributed by atoms with Crippen molar-refractivity contribution in [3.8, 4) is 0 Å². The van der Waals surface area contributed by atoms with Crippen molar-refractivity contribution < 1.29 is 9.53 Å². The number of thiophene rings is 1. The molecule has 0 aliphatic rings. The monoisotopic (exact) mass is 310 g/mol. The van der Waals surface area contributed by atoms with E-state index in [1.807, 2.05) is 18.4 Å². The van der Waals surface area contributed by atoms with E-state index in [0.717, 1.165) is 14.9 Å². The third-order valence-corrected chi connectivity index (χ3v) is 3.26. The van der Waals surface area contributed by atoms with Crippen LogP contribution in [0, 0.1) is 2.88 Å². The van der Waals surface area contributed by atoms with Crippen molar-refractivity contribution in [1.29, 1.82) is 0 Å². The van der Waals surface area contributed by atoms with Crippen LogP contribution in [-0.2, 0) is 4.74 Å². The van der Waals surface area contributed by atoms with Crippen LogP contribution in [-0.4, -0.2) is 19.0 Å². The van der Waals surface area contributed by atoms with Gasteiger partial charge in [-0.2, -0.15) is 0 Å². The van der Waals surface area contributed by atoms with Gasteiger partial charge in [-0.15, -0.1) is 11.3 Å². The Morgan fingerprint density at radius 3 is 3.00 bits per heavy atom. The molecule has 1 rings (SSSR count). The Bertz CT molecular complexity index is 283. The van der Waals surface area contributed by atoms with E-state index in [9.17, 15) is 4.79 Å². The second-order valence-corrected chi connectivity index (χ2v) is 5.42. The molecule has 0 unspecified atom stereocenters. The minimum Gasteiger partial charge on any atom is -0.373 e. The lowest BCUT2D eigenvalue weighted by atomic mass is 10.2. The molecule has 0 radical (unpaired) electrons. The maximum atomic E-state index is 11.4. The van der Waals surface area contributed by atoms with Crippen LogP contribution in [0.5, 0.6) is 0 Å². The van der Waals surface area contributed by atoms with Crippen molar-refractivity contribution in [2.75, 3.05) is 13.2 Å². The van der Waals surface area contributed by atoms with Crippen molar-refractivity contribution in [2.45, 2.75) is 13.3 Å².